The number of allylic oxidation sites excluding steroid dienone is 5. The third-order valence-corrected chi connectivity index (χ3v) is 3.73. The molecule has 1 aromatic carbocycles. The topological polar surface area (TPSA) is 72.6 Å². The highest BCUT2D eigenvalue weighted by molar-refractivity contribution is 9.11. The molecule has 1 aliphatic carbocycles. The highest BCUT2D eigenvalue weighted by Gasteiger charge is 2.19. The van der Waals surface area contributed by atoms with Crippen LogP contribution in [0, 0.1) is 6.92 Å². The summed E-state index contributed by atoms with van der Waals surface area (Å²) in [4.78, 5) is 23.8. The monoisotopic (exact) mass is 396 g/mol. The summed E-state index contributed by atoms with van der Waals surface area (Å²) in [5, 5.41) is 0.857. The van der Waals surface area contributed by atoms with E-state index in [2.05, 4.69) is 15.9 Å². The summed E-state index contributed by atoms with van der Waals surface area (Å²) in [5.74, 6) is 5.32. The van der Waals surface area contributed by atoms with Crippen molar-refractivity contribution in [2.45, 2.75) is 6.92 Å². The zero-order valence-corrected chi connectivity index (χ0v) is 14.6. The smallest absolute Gasteiger partial charge is 0.278 e. The number of carbonyl (C=O) groups excluding carboxylic acids is 2. The minimum absolute atomic E-state index is 0.0439. The first-order chi connectivity index (χ1) is 10.9. The van der Waals surface area contributed by atoms with Crippen LogP contribution in [0.4, 0.5) is 0 Å². The molecule has 0 radical (unpaired) electrons. The van der Waals surface area contributed by atoms with Crippen LogP contribution in [0.2, 0.25) is 0 Å². The zero-order chi connectivity index (χ0) is 17.0. The molecule has 0 heterocycles. The number of nitrogens with zero attached hydrogens (tertiary/aromatic N) is 1. The van der Waals surface area contributed by atoms with Gasteiger partial charge in [0.25, 0.3) is 5.91 Å². The Balaban J connectivity index is 2.00. The summed E-state index contributed by atoms with van der Waals surface area (Å²) < 4.78 is 5.97. The number of aryl methyl sites for hydroxylation is 1. The lowest BCUT2D eigenvalue weighted by molar-refractivity contribution is -0.131. The number of Topliss-reactive ketones (excluding diaryl/α,β-unsaturated/α-hetero) is 1. The summed E-state index contributed by atoms with van der Waals surface area (Å²) in [6, 6.07) is 7.27. The van der Waals surface area contributed by atoms with Crippen molar-refractivity contribution in [2.75, 3.05) is 6.61 Å². The summed E-state index contributed by atoms with van der Waals surface area (Å²) in [6.07, 6.45) is 4.23. The molecule has 0 atom stereocenters. The highest BCUT2D eigenvalue weighted by Crippen LogP contribution is 2.24. The van der Waals surface area contributed by atoms with E-state index in [1.807, 2.05) is 19.1 Å². The second-order valence-corrected chi connectivity index (χ2v) is 6.16. The molecule has 0 saturated carbocycles. The number of amides is 1. The number of benzene rings is 1. The highest BCUT2D eigenvalue weighted by atomic mass is 79.9. The number of rotatable bonds is 4. The summed E-state index contributed by atoms with van der Waals surface area (Å²) >= 11 is 9.03. The van der Waals surface area contributed by atoms with Gasteiger partial charge in [0.15, 0.2) is 6.61 Å². The SMILES string of the molecule is Cc1ccc(OCC(=O)N(N)C=C2C=C(Br)C=C(Cl)C2=O)cc1. The Bertz CT molecular complexity index is 723. The predicted molar refractivity (Wildman–Crippen MR) is 91.7 cm³/mol. The van der Waals surface area contributed by atoms with E-state index in [0.717, 1.165) is 10.6 Å². The van der Waals surface area contributed by atoms with E-state index in [0.29, 0.717) is 10.2 Å². The van der Waals surface area contributed by atoms with E-state index >= 15 is 0 Å². The standard InChI is InChI=1S/C16H14BrClN2O3/c1-10-2-4-13(5-3-10)23-9-15(21)20(19)8-11-6-12(17)7-14(18)16(11)22/h2-8H,9,19H2,1H3. The van der Waals surface area contributed by atoms with Crippen LogP contribution in [0.25, 0.3) is 0 Å². The van der Waals surface area contributed by atoms with Gasteiger partial charge in [-0.2, -0.15) is 0 Å². The molecule has 1 aromatic rings. The van der Waals surface area contributed by atoms with Crippen LogP contribution in [0.5, 0.6) is 5.75 Å². The lowest BCUT2D eigenvalue weighted by Crippen LogP contribution is -2.36. The lowest BCUT2D eigenvalue weighted by Gasteiger charge is -2.15. The Morgan fingerprint density at radius 3 is 2.65 bits per heavy atom. The van der Waals surface area contributed by atoms with Gasteiger partial charge in [-0.25, -0.2) is 5.84 Å². The molecule has 0 fully saturated rings. The summed E-state index contributed by atoms with van der Waals surface area (Å²) in [6.45, 7) is 1.71. The third kappa shape index (κ3) is 4.79. The molecule has 0 aliphatic heterocycles. The van der Waals surface area contributed by atoms with Crippen LogP contribution in [-0.2, 0) is 9.59 Å². The van der Waals surface area contributed by atoms with Crippen LogP contribution < -0.4 is 10.6 Å². The van der Waals surface area contributed by atoms with Gasteiger partial charge in [0.2, 0.25) is 5.78 Å². The number of nitrogens with two attached hydrogens (primary N) is 1. The Morgan fingerprint density at radius 1 is 1.35 bits per heavy atom. The number of carbonyl (C=O) groups is 2. The molecule has 0 bridgehead atoms. The maximum absolute atomic E-state index is 12.0. The fourth-order valence-corrected chi connectivity index (χ4v) is 2.59. The largest absolute Gasteiger partial charge is 0.484 e. The molecule has 7 heteroatoms. The molecule has 2 N–H and O–H groups in total. The van der Waals surface area contributed by atoms with E-state index in [4.69, 9.17) is 22.2 Å². The van der Waals surface area contributed by atoms with Gasteiger partial charge in [-0.3, -0.25) is 14.6 Å². The molecule has 1 aliphatic rings. The van der Waals surface area contributed by atoms with Crippen molar-refractivity contribution in [1.82, 2.24) is 5.01 Å². The van der Waals surface area contributed by atoms with Crippen molar-refractivity contribution in [2.24, 2.45) is 5.84 Å². The van der Waals surface area contributed by atoms with Gasteiger partial charge in [-0.1, -0.05) is 45.2 Å². The predicted octanol–water partition coefficient (Wildman–Crippen LogP) is 2.94. The second-order valence-electron chi connectivity index (χ2n) is 4.84. The van der Waals surface area contributed by atoms with Gasteiger partial charge in [0.1, 0.15) is 5.75 Å². The van der Waals surface area contributed by atoms with Crippen molar-refractivity contribution in [3.8, 4) is 5.75 Å². The molecule has 0 unspecified atom stereocenters. The van der Waals surface area contributed by atoms with Crippen molar-refractivity contribution in [3.63, 3.8) is 0 Å². The first kappa shape index (κ1) is 17.5. The van der Waals surface area contributed by atoms with Crippen LogP contribution in [0.3, 0.4) is 0 Å². The van der Waals surface area contributed by atoms with Crippen LogP contribution in [-0.4, -0.2) is 23.3 Å². The van der Waals surface area contributed by atoms with Crippen molar-refractivity contribution in [1.29, 1.82) is 0 Å². The lowest BCUT2D eigenvalue weighted by atomic mass is 10.1. The minimum Gasteiger partial charge on any atom is -0.484 e. The van der Waals surface area contributed by atoms with Gasteiger partial charge in [-0.15, -0.1) is 0 Å². The molecule has 0 spiro atoms. The first-order valence-electron chi connectivity index (χ1n) is 6.64. The van der Waals surface area contributed by atoms with E-state index in [1.54, 1.807) is 12.1 Å². The maximum Gasteiger partial charge on any atom is 0.278 e. The zero-order valence-electron chi connectivity index (χ0n) is 12.3. The molecular formula is C16H14BrClN2O3. The number of halogens is 2. The molecule has 2 rings (SSSR count). The van der Waals surface area contributed by atoms with E-state index < -0.39 is 11.7 Å². The number of hydrazine groups is 1. The van der Waals surface area contributed by atoms with E-state index in [1.165, 1.54) is 18.4 Å². The third-order valence-electron chi connectivity index (χ3n) is 2.99. The quantitative estimate of drug-likeness (QED) is 0.367. The number of ketones is 1. The summed E-state index contributed by atoms with van der Waals surface area (Å²) in [7, 11) is 0. The minimum atomic E-state index is -0.499. The van der Waals surface area contributed by atoms with Crippen molar-refractivity contribution < 1.29 is 14.3 Å². The Kier molecular flexibility index (Phi) is 5.76. The van der Waals surface area contributed by atoms with Crippen LogP contribution in [0.1, 0.15) is 5.56 Å². The van der Waals surface area contributed by atoms with Gasteiger partial charge in [-0.05, 0) is 31.2 Å². The second kappa shape index (κ2) is 7.59. The Morgan fingerprint density at radius 2 is 2.00 bits per heavy atom. The van der Waals surface area contributed by atoms with Gasteiger partial charge < -0.3 is 4.74 Å². The molecule has 23 heavy (non-hydrogen) atoms. The average molecular weight is 398 g/mol. The number of hydrogen-bond acceptors (Lipinski definition) is 4. The average Bonchev–Trinajstić information content (AvgIpc) is 2.51. The molecular weight excluding hydrogens is 384 g/mol. The molecule has 0 aromatic heterocycles. The Labute approximate surface area is 147 Å². The maximum atomic E-state index is 12.0. The normalized spacial score (nSPS) is 16.0. The van der Waals surface area contributed by atoms with Gasteiger partial charge >= 0.3 is 0 Å². The first-order valence-corrected chi connectivity index (χ1v) is 7.81. The number of hydrogen-bond donors (Lipinski definition) is 1. The van der Waals surface area contributed by atoms with Crippen LogP contribution in [0.15, 0.2) is 57.7 Å². The molecule has 0 saturated heterocycles. The van der Waals surface area contributed by atoms with Crippen molar-refractivity contribution in [3.05, 3.63) is 63.3 Å². The van der Waals surface area contributed by atoms with E-state index in [9.17, 15) is 9.59 Å². The molecule has 5 nitrogen and oxygen atoms in total. The van der Waals surface area contributed by atoms with Gasteiger partial charge in [0.05, 0.1) is 5.03 Å². The summed E-state index contributed by atoms with van der Waals surface area (Å²) in [5.41, 5.74) is 1.29. The number of ether oxygens (including phenoxy) is 1. The van der Waals surface area contributed by atoms with Gasteiger partial charge in [0, 0.05) is 16.3 Å². The Hall–Kier alpha value is -1.89. The fraction of sp³-hybridized carbons (Fsp3) is 0.125. The van der Waals surface area contributed by atoms with E-state index in [-0.39, 0.29) is 17.2 Å². The fourth-order valence-electron chi connectivity index (χ4n) is 1.75. The van der Waals surface area contributed by atoms with Crippen molar-refractivity contribution >= 4 is 39.2 Å². The molecule has 120 valence electrons. The van der Waals surface area contributed by atoms with Crippen LogP contribution >= 0.6 is 27.5 Å². The molecule has 1 amide bonds.